The lowest BCUT2D eigenvalue weighted by molar-refractivity contribution is -0.140. The fourth-order valence-electron chi connectivity index (χ4n) is 1.41. The van der Waals surface area contributed by atoms with Crippen LogP contribution in [0.25, 0.3) is 0 Å². The molecule has 0 aliphatic heterocycles. The van der Waals surface area contributed by atoms with Crippen molar-refractivity contribution < 1.29 is 19.4 Å². The first-order chi connectivity index (χ1) is 9.04. The minimum atomic E-state index is -1.14. The van der Waals surface area contributed by atoms with Crippen LogP contribution < -0.4 is 10.6 Å². The summed E-state index contributed by atoms with van der Waals surface area (Å²) in [6.07, 6.45) is 3.32. The van der Waals surface area contributed by atoms with Gasteiger partial charge in [0.15, 0.2) is 6.04 Å². The van der Waals surface area contributed by atoms with Crippen molar-refractivity contribution in [1.29, 1.82) is 0 Å². The van der Waals surface area contributed by atoms with E-state index in [1.165, 1.54) is 7.11 Å². The van der Waals surface area contributed by atoms with E-state index in [0.717, 1.165) is 11.1 Å². The topological polar surface area (TPSA) is 101 Å². The number of hydrogen-bond donors (Lipinski definition) is 3. The van der Waals surface area contributed by atoms with Crippen LogP contribution in [0.5, 0.6) is 0 Å². The predicted octanol–water partition coefficient (Wildman–Crippen LogP) is 0.289. The summed E-state index contributed by atoms with van der Waals surface area (Å²) in [6.45, 7) is 2.10. The van der Waals surface area contributed by atoms with Crippen molar-refractivity contribution >= 4 is 12.0 Å². The van der Waals surface area contributed by atoms with Gasteiger partial charge in [-0.05, 0) is 24.1 Å². The second kappa shape index (κ2) is 7.32. The highest BCUT2D eigenvalue weighted by atomic mass is 16.5. The quantitative estimate of drug-likeness (QED) is 0.687. The average Bonchev–Trinajstić information content (AvgIpc) is 2.37. The van der Waals surface area contributed by atoms with Crippen LogP contribution >= 0.6 is 0 Å². The van der Waals surface area contributed by atoms with E-state index in [4.69, 9.17) is 9.84 Å². The monoisotopic (exact) mass is 267 g/mol. The molecule has 7 heteroatoms. The lowest BCUT2D eigenvalue weighted by Crippen LogP contribution is -2.48. The molecule has 1 aromatic heterocycles. The number of aryl methyl sites for hydroxylation is 1. The number of methoxy groups -OCH3 is 1. The van der Waals surface area contributed by atoms with Crippen LogP contribution in [-0.4, -0.2) is 41.8 Å². The van der Waals surface area contributed by atoms with E-state index in [9.17, 15) is 9.59 Å². The lowest BCUT2D eigenvalue weighted by atomic mass is 10.2. The molecule has 0 aromatic carbocycles. The summed E-state index contributed by atoms with van der Waals surface area (Å²) < 4.78 is 4.71. The Morgan fingerprint density at radius 2 is 2.26 bits per heavy atom. The van der Waals surface area contributed by atoms with Crippen molar-refractivity contribution in [2.24, 2.45) is 0 Å². The Balaban J connectivity index is 2.47. The number of rotatable bonds is 6. The van der Waals surface area contributed by atoms with Gasteiger partial charge >= 0.3 is 12.0 Å². The van der Waals surface area contributed by atoms with Gasteiger partial charge in [-0.1, -0.05) is 0 Å². The molecular weight excluding hydrogens is 250 g/mol. The fourth-order valence-corrected chi connectivity index (χ4v) is 1.41. The number of carbonyl (C=O) groups is 2. The van der Waals surface area contributed by atoms with E-state index in [-0.39, 0.29) is 13.2 Å². The number of hydrogen-bond acceptors (Lipinski definition) is 4. The van der Waals surface area contributed by atoms with Crippen molar-refractivity contribution in [3.8, 4) is 0 Å². The Morgan fingerprint density at radius 3 is 2.84 bits per heavy atom. The van der Waals surface area contributed by atoms with Gasteiger partial charge in [-0.25, -0.2) is 9.59 Å². The van der Waals surface area contributed by atoms with Gasteiger partial charge in [0, 0.05) is 26.0 Å². The van der Waals surface area contributed by atoms with Crippen molar-refractivity contribution in [3.63, 3.8) is 0 Å². The van der Waals surface area contributed by atoms with Crippen molar-refractivity contribution in [1.82, 2.24) is 15.6 Å². The van der Waals surface area contributed by atoms with E-state index >= 15 is 0 Å². The standard InChI is InChI=1S/C12H17N3O4/c1-8-3-4-13-5-9(8)6-14-12(18)15-10(7-19-2)11(16)17/h3-5,10H,6-7H2,1-2H3,(H,16,17)(H2,14,15,18). The van der Waals surface area contributed by atoms with Crippen LogP contribution in [0.15, 0.2) is 18.5 Å². The number of carboxylic acids is 1. The minimum Gasteiger partial charge on any atom is -0.480 e. The SMILES string of the molecule is COCC(NC(=O)NCc1cnccc1C)C(=O)O. The summed E-state index contributed by atoms with van der Waals surface area (Å²) in [4.78, 5) is 26.3. The molecule has 1 atom stereocenters. The average molecular weight is 267 g/mol. The molecule has 0 saturated carbocycles. The summed E-state index contributed by atoms with van der Waals surface area (Å²) in [5.41, 5.74) is 1.87. The third-order valence-electron chi connectivity index (χ3n) is 2.52. The van der Waals surface area contributed by atoms with Crippen molar-refractivity contribution in [2.45, 2.75) is 19.5 Å². The number of urea groups is 1. The molecule has 0 spiro atoms. The van der Waals surface area contributed by atoms with Crippen LogP contribution in [-0.2, 0) is 16.1 Å². The van der Waals surface area contributed by atoms with Gasteiger partial charge in [-0.15, -0.1) is 0 Å². The highest BCUT2D eigenvalue weighted by Crippen LogP contribution is 2.03. The molecule has 0 aliphatic rings. The summed E-state index contributed by atoms with van der Waals surface area (Å²) in [7, 11) is 1.37. The maximum absolute atomic E-state index is 11.6. The van der Waals surface area contributed by atoms with E-state index in [1.54, 1.807) is 12.4 Å². The van der Waals surface area contributed by atoms with Crippen LogP contribution in [0.2, 0.25) is 0 Å². The Kier molecular flexibility index (Phi) is 5.74. The highest BCUT2D eigenvalue weighted by Gasteiger charge is 2.19. The molecule has 0 radical (unpaired) electrons. The summed E-state index contributed by atoms with van der Waals surface area (Å²) in [6, 6.07) is 0.201. The molecular formula is C12H17N3O4. The first-order valence-corrected chi connectivity index (χ1v) is 5.70. The zero-order valence-electron chi connectivity index (χ0n) is 10.8. The largest absolute Gasteiger partial charge is 0.480 e. The van der Waals surface area contributed by atoms with Gasteiger partial charge in [-0.3, -0.25) is 4.98 Å². The Hall–Kier alpha value is -2.15. The first kappa shape index (κ1) is 14.9. The van der Waals surface area contributed by atoms with E-state index in [2.05, 4.69) is 15.6 Å². The second-order valence-corrected chi connectivity index (χ2v) is 3.98. The number of pyridine rings is 1. The lowest BCUT2D eigenvalue weighted by Gasteiger charge is -2.14. The molecule has 3 N–H and O–H groups in total. The molecule has 1 unspecified atom stereocenters. The molecule has 1 heterocycles. The molecule has 7 nitrogen and oxygen atoms in total. The van der Waals surface area contributed by atoms with E-state index in [1.807, 2.05) is 13.0 Å². The maximum atomic E-state index is 11.6. The molecule has 104 valence electrons. The normalized spacial score (nSPS) is 11.7. The van der Waals surface area contributed by atoms with Gasteiger partial charge in [-0.2, -0.15) is 0 Å². The summed E-state index contributed by atoms with van der Waals surface area (Å²) in [5, 5.41) is 13.7. The Bertz CT molecular complexity index is 450. The van der Waals surface area contributed by atoms with Gasteiger partial charge in [0.2, 0.25) is 0 Å². The van der Waals surface area contributed by atoms with Crippen LogP contribution in [0.1, 0.15) is 11.1 Å². The first-order valence-electron chi connectivity index (χ1n) is 5.70. The van der Waals surface area contributed by atoms with Crippen LogP contribution in [0.4, 0.5) is 4.79 Å². The molecule has 0 saturated heterocycles. The van der Waals surface area contributed by atoms with E-state index < -0.39 is 18.0 Å². The molecule has 1 rings (SSSR count). The molecule has 1 aromatic rings. The number of carbonyl (C=O) groups excluding carboxylic acids is 1. The fraction of sp³-hybridized carbons (Fsp3) is 0.417. The minimum absolute atomic E-state index is 0.0886. The molecule has 0 aliphatic carbocycles. The highest BCUT2D eigenvalue weighted by molar-refractivity contribution is 5.82. The predicted molar refractivity (Wildman–Crippen MR) is 67.6 cm³/mol. The van der Waals surface area contributed by atoms with Crippen molar-refractivity contribution in [3.05, 3.63) is 29.6 Å². The second-order valence-electron chi connectivity index (χ2n) is 3.98. The van der Waals surface area contributed by atoms with Crippen LogP contribution in [0.3, 0.4) is 0 Å². The van der Waals surface area contributed by atoms with Crippen LogP contribution in [0, 0.1) is 6.92 Å². The van der Waals surface area contributed by atoms with E-state index in [0.29, 0.717) is 0 Å². The Labute approximate surface area is 111 Å². The van der Waals surface area contributed by atoms with Gasteiger partial charge < -0.3 is 20.5 Å². The number of aromatic nitrogens is 1. The zero-order chi connectivity index (χ0) is 14.3. The summed E-state index contributed by atoms with van der Waals surface area (Å²) >= 11 is 0. The maximum Gasteiger partial charge on any atom is 0.328 e. The number of nitrogens with zero attached hydrogens (tertiary/aromatic N) is 1. The Morgan fingerprint density at radius 1 is 1.53 bits per heavy atom. The number of aliphatic carboxylic acids is 1. The van der Waals surface area contributed by atoms with Gasteiger partial charge in [0.25, 0.3) is 0 Å². The van der Waals surface area contributed by atoms with Gasteiger partial charge in [0.1, 0.15) is 0 Å². The molecule has 2 amide bonds. The number of nitrogens with one attached hydrogen (secondary N) is 2. The third kappa shape index (κ3) is 4.92. The molecule has 19 heavy (non-hydrogen) atoms. The number of ether oxygens (including phenoxy) is 1. The number of amides is 2. The molecule has 0 bridgehead atoms. The summed E-state index contributed by atoms with van der Waals surface area (Å²) in [5.74, 6) is -1.14. The smallest absolute Gasteiger partial charge is 0.328 e. The third-order valence-corrected chi connectivity index (χ3v) is 2.52. The molecule has 0 fully saturated rings. The van der Waals surface area contributed by atoms with Crippen molar-refractivity contribution in [2.75, 3.05) is 13.7 Å². The van der Waals surface area contributed by atoms with Gasteiger partial charge in [0.05, 0.1) is 6.61 Å². The number of carboxylic acid groups (broad SMARTS) is 1. The zero-order valence-corrected chi connectivity index (χ0v) is 10.8.